The largest absolute Gasteiger partial charge is 0.416 e. The summed E-state index contributed by atoms with van der Waals surface area (Å²) in [7, 11) is 0. The highest BCUT2D eigenvalue weighted by Gasteiger charge is 2.39. The standard InChI is InChI=1S/C29H32F6N2O/c1-19(2)24(8-12-37-13-10-27(11-14-37)9-7-21-5-3-4-6-25(21)27)26(38)36-18-20-15-22(28(30,31)32)17-23(16-20)29(33,34)35/h3-7,9,15-17,19,24H,8,10-14,18H2,1-2H3,(H,36,38)/t24-/m1/s1. The fraction of sp³-hybridized carbons (Fsp3) is 0.483. The molecule has 1 heterocycles. The van der Waals surface area contributed by atoms with Gasteiger partial charge in [0.25, 0.3) is 0 Å². The summed E-state index contributed by atoms with van der Waals surface area (Å²) >= 11 is 0. The highest BCUT2D eigenvalue weighted by atomic mass is 19.4. The predicted octanol–water partition coefficient (Wildman–Crippen LogP) is 7.06. The van der Waals surface area contributed by atoms with Crippen LogP contribution in [0.2, 0.25) is 0 Å². The molecule has 1 fully saturated rings. The molecule has 0 saturated carbocycles. The molecule has 2 aliphatic rings. The Labute approximate surface area is 218 Å². The van der Waals surface area contributed by atoms with Crippen molar-refractivity contribution in [2.75, 3.05) is 19.6 Å². The zero-order chi connectivity index (χ0) is 27.7. The summed E-state index contributed by atoms with van der Waals surface area (Å²) in [6, 6.07) is 9.81. The second-order valence-electron chi connectivity index (χ2n) is 10.7. The zero-order valence-corrected chi connectivity index (χ0v) is 21.4. The maximum atomic E-state index is 13.2. The Morgan fingerprint density at radius 1 is 0.974 bits per heavy atom. The van der Waals surface area contributed by atoms with Gasteiger partial charge in [-0.15, -0.1) is 0 Å². The van der Waals surface area contributed by atoms with Gasteiger partial charge in [-0.3, -0.25) is 4.79 Å². The fourth-order valence-corrected chi connectivity index (χ4v) is 5.58. The molecule has 1 atom stereocenters. The summed E-state index contributed by atoms with van der Waals surface area (Å²) < 4.78 is 78.9. The first kappa shape index (κ1) is 28.2. The molecule has 1 aliphatic heterocycles. The van der Waals surface area contributed by atoms with Crippen molar-refractivity contribution in [3.8, 4) is 0 Å². The van der Waals surface area contributed by atoms with E-state index in [0.717, 1.165) is 25.9 Å². The monoisotopic (exact) mass is 538 g/mol. The first-order valence-corrected chi connectivity index (χ1v) is 12.9. The van der Waals surface area contributed by atoms with Crippen LogP contribution in [0, 0.1) is 11.8 Å². The summed E-state index contributed by atoms with van der Waals surface area (Å²) in [5.74, 6) is -0.819. The third kappa shape index (κ3) is 6.25. The molecule has 2 aromatic carbocycles. The topological polar surface area (TPSA) is 32.3 Å². The molecule has 0 unspecified atom stereocenters. The number of alkyl halides is 6. The van der Waals surface area contributed by atoms with Crippen molar-refractivity contribution in [2.45, 2.75) is 57.4 Å². The van der Waals surface area contributed by atoms with Gasteiger partial charge in [0.1, 0.15) is 0 Å². The molecular weight excluding hydrogens is 506 g/mol. The number of hydrogen-bond donors (Lipinski definition) is 1. The maximum absolute atomic E-state index is 13.2. The van der Waals surface area contributed by atoms with E-state index in [-0.39, 0.29) is 28.9 Å². The van der Waals surface area contributed by atoms with E-state index in [2.05, 4.69) is 40.6 Å². The third-order valence-corrected chi connectivity index (χ3v) is 7.84. The lowest BCUT2D eigenvalue weighted by Crippen LogP contribution is -2.43. The Balaban J connectivity index is 1.34. The average molecular weight is 539 g/mol. The number of carbonyl (C=O) groups excluding carboxylic acids is 1. The van der Waals surface area contributed by atoms with Crippen LogP contribution in [0.15, 0.2) is 48.5 Å². The van der Waals surface area contributed by atoms with Gasteiger partial charge < -0.3 is 10.2 Å². The van der Waals surface area contributed by atoms with E-state index in [1.165, 1.54) is 11.1 Å². The number of fused-ring (bicyclic) bond motifs is 2. The number of likely N-dealkylation sites (tertiary alicyclic amines) is 1. The van der Waals surface area contributed by atoms with Crippen LogP contribution in [-0.2, 0) is 29.1 Å². The molecule has 1 spiro atoms. The minimum absolute atomic E-state index is 0.0389. The SMILES string of the molecule is CC(C)[C@@H](CCN1CCC2(C=Cc3ccccc32)CC1)C(=O)NCc1cc(C(F)(F)F)cc(C(F)(F)F)c1. The Hall–Kier alpha value is -2.81. The van der Waals surface area contributed by atoms with Crippen molar-refractivity contribution in [2.24, 2.45) is 11.8 Å². The molecule has 1 aliphatic carbocycles. The molecular formula is C29H32F6N2O. The number of allylic oxidation sites excluding steroid dienone is 1. The van der Waals surface area contributed by atoms with E-state index in [1.54, 1.807) is 0 Å². The number of nitrogens with one attached hydrogen (secondary N) is 1. The number of carbonyl (C=O) groups is 1. The Kier molecular flexibility index (Phi) is 7.98. The number of piperidine rings is 1. The molecule has 2 aromatic rings. The second-order valence-corrected chi connectivity index (χ2v) is 10.7. The Bertz CT molecular complexity index is 1140. The minimum atomic E-state index is -4.93. The van der Waals surface area contributed by atoms with Gasteiger partial charge in [-0.1, -0.05) is 50.3 Å². The quantitative estimate of drug-likeness (QED) is 0.383. The normalized spacial score (nSPS) is 18.1. The molecule has 0 aromatic heterocycles. The zero-order valence-electron chi connectivity index (χ0n) is 21.4. The highest BCUT2D eigenvalue weighted by molar-refractivity contribution is 5.78. The van der Waals surface area contributed by atoms with Crippen LogP contribution in [-0.4, -0.2) is 30.4 Å². The summed E-state index contributed by atoms with van der Waals surface area (Å²) in [6.07, 6.45) is -2.84. The van der Waals surface area contributed by atoms with Crippen LogP contribution >= 0.6 is 0 Å². The van der Waals surface area contributed by atoms with E-state index in [9.17, 15) is 31.1 Å². The van der Waals surface area contributed by atoms with E-state index in [4.69, 9.17) is 0 Å². The van der Waals surface area contributed by atoms with Crippen molar-refractivity contribution in [1.82, 2.24) is 10.2 Å². The van der Waals surface area contributed by atoms with Crippen LogP contribution in [0.5, 0.6) is 0 Å². The van der Waals surface area contributed by atoms with Crippen molar-refractivity contribution in [3.05, 3.63) is 76.4 Å². The van der Waals surface area contributed by atoms with Gasteiger partial charge in [0.05, 0.1) is 11.1 Å². The molecule has 1 amide bonds. The average Bonchev–Trinajstić information content (AvgIpc) is 3.21. The molecule has 0 bridgehead atoms. The maximum Gasteiger partial charge on any atom is 0.416 e. The molecule has 0 radical (unpaired) electrons. The van der Waals surface area contributed by atoms with E-state index in [0.29, 0.717) is 25.1 Å². The lowest BCUT2D eigenvalue weighted by Gasteiger charge is -2.39. The molecule has 9 heteroatoms. The summed E-state index contributed by atoms with van der Waals surface area (Å²) in [5.41, 5.74) is -0.335. The van der Waals surface area contributed by atoms with Gasteiger partial charge in [-0.2, -0.15) is 26.3 Å². The lowest BCUT2D eigenvalue weighted by molar-refractivity contribution is -0.143. The number of halogens is 6. The molecule has 4 rings (SSSR count). The van der Waals surface area contributed by atoms with E-state index < -0.39 is 35.9 Å². The molecule has 38 heavy (non-hydrogen) atoms. The summed E-state index contributed by atoms with van der Waals surface area (Å²) in [4.78, 5) is 15.3. The van der Waals surface area contributed by atoms with Crippen LogP contribution < -0.4 is 5.32 Å². The number of rotatable bonds is 7. The summed E-state index contributed by atoms with van der Waals surface area (Å²) in [6.45, 7) is 5.83. The highest BCUT2D eigenvalue weighted by Crippen LogP contribution is 2.43. The second kappa shape index (κ2) is 10.8. The first-order valence-electron chi connectivity index (χ1n) is 12.9. The van der Waals surface area contributed by atoms with Crippen molar-refractivity contribution >= 4 is 12.0 Å². The van der Waals surface area contributed by atoms with Crippen molar-refractivity contribution in [3.63, 3.8) is 0 Å². The Morgan fingerprint density at radius 3 is 2.16 bits per heavy atom. The number of hydrogen-bond acceptors (Lipinski definition) is 2. The molecule has 1 saturated heterocycles. The number of nitrogens with zero attached hydrogens (tertiary/aromatic N) is 1. The van der Waals surface area contributed by atoms with Gasteiger partial charge in [-0.05, 0) is 79.7 Å². The minimum Gasteiger partial charge on any atom is -0.352 e. The van der Waals surface area contributed by atoms with Crippen molar-refractivity contribution < 1.29 is 31.1 Å². The van der Waals surface area contributed by atoms with Gasteiger partial charge >= 0.3 is 12.4 Å². The van der Waals surface area contributed by atoms with Gasteiger partial charge in [0.2, 0.25) is 5.91 Å². The van der Waals surface area contributed by atoms with Crippen LogP contribution in [0.4, 0.5) is 26.3 Å². The number of amides is 1. The molecule has 1 N–H and O–H groups in total. The van der Waals surface area contributed by atoms with E-state index >= 15 is 0 Å². The predicted molar refractivity (Wildman–Crippen MR) is 134 cm³/mol. The first-order chi connectivity index (χ1) is 17.8. The smallest absolute Gasteiger partial charge is 0.352 e. The summed E-state index contributed by atoms with van der Waals surface area (Å²) in [5, 5.41) is 2.57. The van der Waals surface area contributed by atoms with Crippen LogP contribution in [0.25, 0.3) is 6.08 Å². The van der Waals surface area contributed by atoms with E-state index in [1.807, 2.05) is 19.9 Å². The van der Waals surface area contributed by atoms with Crippen LogP contribution in [0.1, 0.15) is 60.9 Å². The Morgan fingerprint density at radius 2 is 1.58 bits per heavy atom. The van der Waals surface area contributed by atoms with Gasteiger partial charge in [-0.25, -0.2) is 0 Å². The molecule has 3 nitrogen and oxygen atoms in total. The van der Waals surface area contributed by atoms with Gasteiger partial charge in [0.15, 0.2) is 0 Å². The van der Waals surface area contributed by atoms with Crippen molar-refractivity contribution in [1.29, 1.82) is 0 Å². The van der Waals surface area contributed by atoms with Gasteiger partial charge in [0, 0.05) is 17.9 Å². The van der Waals surface area contributed by atoms with Crippen LogP contribution in [0.3, 0.4) is 0 Å². The molecule has 206 valence electrons. The lowest BCUT2D eigenvalue weighted by atomic mass is 9.74. The third-order valence-electron chi connectivity index (χ3n) is 7.84. The number of benzene rings is 2. The fourth-order valence-electron chi connectivity index (χ4n) is 5.58.